The predicted molar refractivity (Wildman–Crippen MR) is 142 cm³/mol. The van der Waals surface area contributed by atoms with Crippen molar-refractivity contribution in [3.63, 3.8) is 0 Å². The Hall–Kier alpha value is -4.70. The molecule has 0 saturated heterocycles. The van der Waals surface area contributed by atoms with Crippen LogP contribution in [0.25, 0.3) is 0 Å². The van der Waals surface area contributed by atoms with Crippen molar-refractivity contribution >= 4 is 34.9 Å². The summed E-state index contributed by atoms with van der Waals surface area (Å²) in [6.45, 7) is 1.92. The summed E-state index contributed by atoms with van der Waals surface area (Å²) in [6.07, 6.45) is 1.72. The number of ether oxygens (including phenoxy) is 1. The molecule has 38 heavy (non-hydrogen) atoms. The van der Waals surface area contributed by atoms with E-state index >= 15 is 0 Å². The predicted octanol–water partition coefficient (Wildman–Crippen LogP) is 4.37. The first-order valence-corrected chi connectivity index (χ1v) is 12.0. The Morgan fingerprint density at radius 1 is 1.11 bits per heavy atom. The molecule has 0 atom stereocenters. The van der Waals surface area contributed by atoms with Crippen LogP contribution < -0.4 is 20.8 Å². The van der Waals surface area contributed by atoms with Crippen molar-refractivity contribution in [2.24, 2.45) is 4.99 Å². The fourth-order valence-electron chi connectivity index (χ4n) is 3.55. The molecule has 0 spiro atoms. The molecule has 4 rings (SSSR count). The molecular weight excluding hydrogens is 510 g/mol. The van der Waals surface area contributed by atoms with Crippen LogP contribution in [0.1, 0.15) is 29.4 Å². The number of nitrogens with one attached hydrogen (secondary N) is 1. The summed E-state index contributed by atoms with van der Waals surface area (Å²) in [5, 5.41) is 9.68. The highest BCUT2D eigenvalue weighted by Crippen LogP contribution is 2.23. The molecule has 0 fully saturated rings. The van der Waals surface area contributed by atoms with Gasteiger partial charge < -0.3 is 19.7 Å². The van der Waals surface area contributed by atoms with E-state index in [1.165, 1.54) is 21.7 Å². The quantitative estimate of drug-likeness (QED) is 0.346. The van der Waals surface area contributed by atoms with Gasteiger partial charge in [-0.3, -0.25) is 14.2 Å². The van der Waals surface area contributed by atoms with E-state index in [1.807, 2.05) is 12.1 Å². The van der Waals surface area contributed by atoms with Crippen LogP contribution in [0.3, 0.4) is 0 Å². The normalized spacial score (nSPS) is 11.3. The number of halogens is 1. The fraction of sp³-hybridized carbons (Fsp3) is 0.148. The Bertz CT molecular complexity index is 1590. The lowest BCUT2D eigenvalue weighted by Crippen LogP contribution is -2.41. The van der Waals surface area contributed by atoms with Gasteiger partial charge in [0.25, 0.3) is 5.56 Å². The number of H-pyrrole nitrogens is 1. The Kier molecular flexibility index (Phi) is 8.03. The number of benzene rings is 2. The molecule has 11 heteroatoms. The molecule has 0 unspecified atom stereocenters. The van der Waals surface area contributed by atoms with E-state index < -0.39 is 5.97 Å². The summed E-state index contributed by atoms with van der Waals surface area (Å²) in [4.78, 5) is 49.7. The number of rotatable bonds is 8. The number of hydrogen-bond donors (Lipinski definition) is 2. The van der Waals surface area contributed by atoms with Gasteiger partial charge in [-0.15, -0.1) is 0 Å². The van der Waals surface area contributed by atoms with E-state index in [9.17, 15) is 14.4 Å². The van der Waals surface area contributed by atoms with Gasteiger partial charge in [-0.25, -0.2) is 14.8 Å². The van der Waals surface area contributed by atoms with E-state index in [4.69, 9.17) is 21.4 Å². The SMILES string of the molecule is CCC(=O)N(C)c1c[nH]/c(=N\c2ccc(Oc3cccc(C(=O)O)n3)cc2)n(Cc2ccc(Cl)cc2)c1=O. The van der Waals surface area contributed by atoms with Gasteiger partial charge in [0.15, 0.2) is 5.69 Å². The summed E-state index contributed by atoms with van der Waals surface area (Å²) < 4.78 is 7.10. The number of amides is 1. The second kappa shape index (κ2) is 11.6. The zero-order valence-electron chi connectivity index (χ0n) is 20.6. The van der Waals surface area contributed by atoms with Crippen LogP contribution in [0, 0.1) is 0 Å². The lowest BCUT2D eigenvalue weighted by atomic mass is 10.2. The van der Waals surface area contributed by atoms with Gasteiger partial charge in [0.1, 0.15) is 11.4 Å². The van der Waals surface area contributed by atoms with Crippen molar-refractivity contribution in [1.82, 2.24) is 14.5 Å². The molecule has 2 aromatic heterocycles. The van der Waals surface area contributed by atoms with Crippen LogP contribution in [-0.4, -0.2) is 38.6 Å². The third-order valence-corrected chi connectivity index (χ3v) is 5.84. The molecule has 0 aliphatic carbocycles. The van der Waals surface area contributed by atoms with Crippen LogP contribution >= 0.6 is 11.6 Å². The third-order valence-electron chi connectivity index (χ3n) is 5.59. The Morgan fingerprint density at radius 2 is 1.82 bits per heavy atom. The van der Waals surface area contributed by atoms with Crippen LogP contribution in [0.5, 0.6) is 11.6 Å². The molecule has 0 radical (unpaired) electrons. The number of carboxylic acid groups (broad SMARTS) is 1. The van der Waals surface area contributed by atoms with E-state index in [-0.39, 0.29) is 47.3 Å². The highest BCUT2D eigenvalue weighted by atomic mass is 35.5. The van der Waals surface area contributed by atoms with Gasteiger partial charge in [-0.2, -0.15) is 0 Å². The Labute approximate surface area is 222 Å². The van der Waals surface area contributed by atoms with Crippen molar-refractivity contribution in [2.75, 3.05) is 11.9 Å². The van der Waals surface area contributed by atoms with E-state index in [2.05, 4.69) is 15.0 Å². The third kappa shape index (κ3) is 6.16. The number of nitrogens with zero attached hydrogens (tertiary/aromatic N) is 4. The van der Waals surface area contributed by atoms with Crippen LogP contribution in [-0.2, 0) is 11.3 Å². The number of aromatic carboxylic acids is 1. The average Bonchev–Trinajstić information content (AvgIpc) is 2.92. The van der Waals surface area contributed by atoms with Gasteiger partial charge in [-0.1, -0.05) is 36.7 Å². The fourth-order valence-corrected chi connectivity index (χ4v) is 3.68. The van der Waals surface area contributed by atoms with E-state index in [1.54, 1.807) is 62.5 Å². The monoisotopic (exact) mass is 533 g/mol. The molecule has 0 aliphatic rings. The second-order valence-corrected chi connectivity index (χ2v) is 8.63. The smallest absolute Gasteiger partial charge is 0.354 e. The minimum absolute atomic E-state index is 0.127. The van der Waals surface area contributed by atoms with Crippen LogP contribution in [0.2, 0.25) is 5.02 Å². The van der Waals surface area contributed by atoms with Crippen LogP contribution in [0.4, 0.5) is 11.4 Å². The number of carbonyl (C=O) groups is 2. The first-order chi connectivity index (χ1) is 18.2. The van der Waals surface area contributed by atoms with Gasteiger partial charge in [0.05, 0.1) is 12.2 Å². The van der Waals surface area contributed by atoms with E-state index in [0.29, 0.717) is 16.5 Å². The molecule has 194 valence electrons. The zero-order chi connectivity index (χ0) is 27.2. The Balaban J connectivity index is 1.69. The maximum Gasteiger partial charge on any atom is 0.354 e. The summed E-state index contributed by atoms with van der Waals surface area (Å²) in [7, 11) is 1.56. The maximum atomic E-state index is 13.4. The number of pyridine rings is 1. The second-order valence-electron chi connectivity index (χ2n) is 8.20. The van der Waals surface area contributed by atoms with Crippen molar-refractivity contribution in [3.8, 4) is 11.6 Å². The standard InChI is InChI=1S/C27H24ClN5O5/c1-3-24(34)32(2)22-15-29-27(33(25(22)35)16-17-7-9-18(28)10-8-17)30-19-11-13-20(14-12-19)38-23-6-4-5-21(31-23)26(36)37/h4-15H,3,16H2,1-2H3,(H,29,30)(H,36,37). The zero-order valence-corrected chi connectivity index (χ0v) is 21.3. The summed E-state index contributed by atoms with van der Waals surface area (Å²) >= 11 is 6.01. The number of aromatic amines is 1. The molecule has 1 amide bonds. The first-order valence-electron chi connectivity index (χ1n) is 11.6. The topological polar surface area (TPSA) is 130 Å². The molecule has 2 N–H and O–H groups in total. The van der Waals surface area contributed by atoms with Gasteiger partial charge >= 0.3 is 5.97 Å². The molecule has 0 saturated carbocycles. The summed E-state index contributed by atoms with van der Waals surface area (Å²) in [5.41, 5.74) is 1.31. The molecule has 0 bridgehead atoms. The highest BCUT2D eigenvalue weighted by molar-refractivity contribution is 6.30. The highest BCUT2D eigenvalue weighted by Gasteiger charge is 2.16. The van der Waals surface area contributed by atoms with Gasteiger partial charge in [0.2, 0.25) is 17.4 Å². The number of carboxylic acids is 1. The lowest BCUT2D eigenvalue weighted by Gasteiger charge is -2.17. The van der Waals surface area contributed by atoms with Gasteiger partial charge in [0, 0.05) is 30.8 Å². The lowest BCUT2D eigenvalue weighted by molar-refractivity contribution is -0.118. The van der Waals surface area contributed by atoms with Crippen molar-refractivity contribution < 1.29 is 19.4 Å². The van der Waals surface area contributed by atoms with Crippen molar-refractivity contribution in [3.05, 3.63) is 105 Å². The molecular formula is C27H24ClN5O5. The number of carbonyl (C=O) groups excluding carboxylic acids is 1. The van der Waals surface area contributed by atoms with Crippen LogP contribution in [0.15, 0.2) is 82.7 Å². The minimum atomic E-state index is -1.15. The summed E-state index contributed by atoms with van der Waals surface area (Å²) in [6, 6.07) is 18.2. The summed E-state index contributed by atoms with van der Waals surface area (Å²) in [5.74, 6) is -0.781. The molecule has 0 aliphatic heterocycles. The number of hydrogen-bond acceptors (Lipinski definition) is 6. The van der Waals surface area contributed by atoms with E-state index in [0.717, 1.165) is 5.56 Å². The first kappa shape index (κ1) is 26.4. The minimum Gasteiger partial charge on any atom is -0.477 e. The van der Waals surface area contributed by atoms with Crippen molar-refractivity contribution in [2.45, 2.75) is 19.9 Å². The molecule has 2 heterocycles. The van der Waals surface area contributed by atoms with Crippen molar-refractivity contribution in [1.29, 1.82) is 0 Å². The number of anilines is 1. The number of aromatic nitrogens is 3. The maximum absolute atomic E-state index is 13.4. The molecule has 2 aromatic carbocycles. The molecule has 4 aromatic rings. The van der Waals surface area contributed by atoms with Gasteiger partial charge in [-0.05, 0) is 48.0 Å². The molecule has 10 nitrogen and oxygen atoms in total. The Morgan fingerprint density at radius 3 is 2.47 bits per heavy atom. The average molecular weight is 534 g/mol. The largest absolute Gasteiger partial charge is 0.477 e.